The maximum Gasteiger partial charge on any atom is 0.407 e. The van der Waals surface area contributed by atoms with Crippen molar-refractivity contribution >= 4 is 36.3 Å². The second kappa shape index (κ2) is 36.0. The molecule has 4 amide bonds. The molecule has 0 spiro atoms. The molecule has 314 valence electrons. The fourth-order valence-electron chi connectivity index (χ4n) is 5.21. The summed E-state index contributed by atoms with van der Waals surface area (Å²) in [6, 6.07) is -1.68. The van der Waals surface area contributed by atoms with Crippen molar-refractivity contribution in [3.63, 3.8) is 0 Å². The van der Waals surface area contributed by atoms with Crippen LogP contribution in [-0.4, -0.2) is 102 Å². The Labute approximate surface area is 322 Å². The third kappa shape index (κ3) is 30.5. The highest BCUT2D eigenvalue weighted by molar-refractivity contribution is 5.81. The lowest BCUT2D eigenvalue weighted by Crippen LogP contribution is -2.42. The predicted molar refractivity (Wildman–Crippen MR) is 203 cm³/mol. The standard InChI is InChI=1S/C38H70N4O12/c1-5-7-9-11-13-19-27-53-37(47)41-31(33(43)49-3)23-15-17-25-39-35(45)51-29-21-22-30-52-36(46)40-26-18-16-24-32(34(44)50-4)42-38(48)54-28-20-14-12-10-8-6-2/h31-32H,5-30H2,1-4H3,(H,39,45)(H,40,46)(H,41,47)(H,42,48). The first-order chi connectivity index (χ1) is 26.2. The molecule has 0 rings (SSSR count). The van der Waals surface area contributed by atoms with Crippen LogP contribution in [0, 0.1) is 0 Å². The summed E-state index contributed by atoms with van der Waals surface area (Å²) < 4.78 is 30.2. The number of methoxy groups -OCH3 is 2. The first kappa shape index (κ1) is 50.0. The van der Waals surface area contributed by atoms with Gasteiger partial charge in [-0.15, -0.1) is 0 Å². The summed E-state index contributed by atoms with van der Waals surface area (Å²) in [6.45, 7) is 5.84. The van der Waals surface area contributed by atoms with E-state index in [1.54, 1.807) is 0 Å². The Balaban J connectivity index is 3.96. The summed E-state index contributed by atoms with van der Waals surface area (Å²) >= 11 is 0. The van der Waals surface area contributed by atoms with Crippen molar-refractivity contribution in [2.75, 3.05) is 53.7 Å². The smallest absolute Gasteiger partial charge is 0.407 e. The van der Waals surface area contributed by atoms with Gasteiger partial charge in [0.1, 0.15) is 12.1 Å². The average Bonchev–Trinajstić information content (AvgIpc) is 3.16. The highest BCUT2D eigenvalue weighted by Crippen LogP contribution is 2.08. The summed E-state index contributed by atoms with van der Waals surface area (Å²) in [5.74, 6) is -1.12. The molecule has 2 unspecified atom stereocenters. The monoisotopic (exact) mass is 774 g/mol. The predicted octanol–water partition coefficient (Wildman–Crippen LogP) is 6.82. The minimum Gasteiger partial charge on any atom is -0.467 e. The van der Waals surface area contributed by atoms with Gasteiger partial charge in [0.15, 0.2) is 0 Å². The lowest BCUT2D eigenvalue weighted by atomic mass is 10.1. The number of carbonyl (C=O) groups excluding carboxylic acids is 6. The number of unbranched alkanes of at least 4 members (excludes halogenated alkanes) is 13. The quantitative estimate of drug-likeness (QED) is 0.0308. The van der Waals surface area contributed by atoms with E-state index in [4.69, 9.17) is 28.4 Å². The molecule has 4 N–H and O–H groups in total. The van der Waals surface area contributed by atoms with E-state index in [1.165, 1.54) is 52.7 Å². The number of hydrogen-bond acceptors (Lipinski definition) is 12. The number of nitrogens with one attached hydrogen (secondary N) is 4. The molecule has 2 atom stereocenters. The molecule has 16 heteroatoms. The third-order valence-electron chi connectivity index (χ3n) is 8.40. The van der Waals surface area contributed by atoms with Crippen molar-refractivity contribution in [3.8, 4) is 0 Å². The van der Waals surface area contributed by atoms with Gasteiger partial charge in [-0.3, -0.25) is 0 Å². The van der Waals surface area contributed by atoms with Crippen LogP contribution in [0.5, 0.6) is 0 Å². The number of hydrogen-bond donors (Lipinski definition) is 4. The van der Waals surface area contributed by atoms with Gasteiger partial charge in [-0.2, -0.15) is 0 Å². The van der Waals surface area contributed by atoms with Crippen molar-refractivity contribution in [2.45, 2.75) is 154 Å². The van der Waals surface area contributed by atoms with Gasteiger partial charge in [-0.1, -0.05) is 78.1 Å². The van der Waals surface area contributed by atoms with Crippen LogP contribution in [0.4, 0.5) is 19.2 Å². The van der Waals surface area contributed by atoms with Crippen LogP contribution in [0.2, 0.25) is 0 Å². The largest absolute Gasteiger partial charge is 0.467 e. The van der Waals surface area contributed by atoms with Gasteiger partial charge in [0.2, 0.25) is 0 Å². The molecule has 0 aliphatic heterocycles. The first-order valence-electron chi connectivity index (χ1n) is 20.0. The number of amides is 4. The van der Waals surface area contributed by atoms with Crippen molar-refractivity contribution in [1.29, 1.82) is 0 Å². The molecule has 0 aliphatic rings. The zero-order valence-corrected chi connectivity index (χ0v) is 33.4. The van der Waals surface area contributed by atoms with E-state index >= 15 is 0 Å². The summed E-state index contributed by atoms with van der Waals surface area (Å²) in [5, 5.41) is 10.4. The van der Waals surface area contributed by atoms with Gasteiger partial charge in [0.25, 0.3) is 0 Å². The van der Waals surface area contributed by atoms with Gasteiger partial charge < -0.3 is 49.7 Å². The lowest BCUT2D eigenvalue weighted by Gasteiger charge is -2.16. The zero-order chi connectivity index (χ0) is 40.1. The van der Waals surface area contributed by atoms with Crippen LogP contribution in [0.15, 0.2) is 0 Å². The van der Waals surface area contributed by atoms with Crippen molar-refractivity contribution in [2.24, 2.45) is 0 Å². The number of rotatable bonds is 33. The minimum absolute atomic E-state index is 0.147. The van der Waals surface area contributed by atoms with Gasteiger partial charge in [0.05, 0.1) is 40.6 Å². The Bertz CT molecular complexity index is 939. The van der Waals surface area contributed by atoms with Crippen molar-refractivity contribution < 1.29 is 57.2 Å². The molecule has 0 saturated carbocycles. The number of ether oxygens (including phenoxy) is 6. The Kier molecular flexibility index (Phi) is 33.4. The minimum atomic E-state index is -0.838. The van der Waals surface area contributed by atoms with Gasteiger partial charge in [-0.05, 0) is 64.2 Å². The molecule has 0 saturated heterocycles. The number of alkyl carbamates (subject to hydrolysis) is 4. The van der Waals surface area contributed by atoms with Gasteiger partial charge >= 0.3 is 36.3 Å². The number of carbonyl (C=O) groups is 6. The van der Waals surface area contributed by atoms with E-state index in [2.05, 4.69) is 35.1 Å². The first-order valence-corrected chi connectivity index (χ1v) is 20.0. The van der Waals surface area contributed by atoms with Crippen molar-refractivity contribution in [3.05, 3.63) is 0 Å². The van der Waals surface area contributed by atoms with Crippen molar-refractivity contribution in [1.82, 2.24) is 21.3 Å². The molecule has 0 heterocycles. The van der Waals surface area contributed by atoms with Crippen LogP contribution >= 0.6 is 0 Å². The van der Waals surface area contributed by atoms with E-state index in [0.29, 0.717) is 77.7 Å². The summed E-state index contributed by atoms with van der Waals surface area (Å²) in [6.07, 6.45) is 14.2. The second-order valence-electron chi connectivity index (χ2n) is 13.1. The SMILES string of the molecule is CCCCCCCCOC(=O)NC(CCCCNC(=O)OCCCCOC(=O)NCCCCC(NC(=O)OCCCCCCCC)C(=O)OC)C(=O)OC. The number of esters is 2. The van der Waals surface area contributed by atoms with Crippen LogP contribution in [0.25, 0.3) is 0 Å². The molecular formula is C38H70N4O12. The maximum absolute atomic E-state index is 12.1. The highest BCUT2D eigenvalue weighted by atomic mass is 16.6. The maximum atomic E-state index is 12.1. The summed E-state index contributed by atoms with van der Waals surface area (Å²) in [5.41, 5.74) is 0. The molecule has 16 nitrogen and oxygen atoms in total. The summed E-state index contributed by atoms with van der Waals surface area (Å²) in [7, 11) is 2.51. The highest BCUT2D eigenvalue weighted by Gasteiger charge is 2.23. The van der Waals surface area contributed by atoms with Gasteiger partial charge in [0, 0.05) is 13.1 Å². The van der Waals surface area contributed by atoms with Crippen LogP contribution < -0.4 is 21.3 Å². The van der Waals surface area contributed by atoms with Crippen LogP contribution in [-0.2, 0) is 38.0 Å². The molecule has 0 fully saturated rings. The second-order valence-corrected chi connectivity index (χ2v) is 13.1. The normalized spacial score (nSPS) is 11.7. The van der Waals surface area contributed by atoms with E-state index < -0.39 is 48.4 Å². The van der Waals surface area contributed by atoms with Crippen LogP contribution in [0.1, 0.15) is 142 Å². The van der Waals surface area contributed by atoms with Crippen LogP contribution in [0.3, 0.4) is 0 Å². The zero-order valence-electron chi connectivity index (χ0n) is 33.4. The Morgan fingerprint density at radius 3 is 1.07 bits per heavy atom. The Morgan fingerprint density at radius 2 is 0.722 bits per heavy atom. The van der Waals surface area contributed by atoms with Gasteiger partial charge in [-0.25, -0.2) is 28.8 Å². The average molecular weight is 775 g/mol. The topological polar surface area (TPSA) is 206 Å². The third-order valence-corrected chi connectivity index (χ3v) is 8.40. The summed E-state index contributed by atoms with van der Waals surface area (Å²) in [4.78, 5) is 72.3. The van der Waals surface area contributed by atoms with E-state index in [1.807, 2.05) is 0 Å². The Hall–Kier alpha value is -3.98. The molecule has 0 aromatic carbocycles. The lowest BCUT2D eigenvalue weighted by molar-refractivity contribution is -0.144. The Morgan fingerprint density at radius 1 is 0.407 bits per heavy atom. The van der Waals surface area contributed by atoms with E-state index in [0.717, 1.165) is 38.5 Å². The molecule has 54 heavy (non-hydrogen) atoms. The van der Waals surface area contributed by atoms with E-state index in [-0.39, 0.29) is 13.2 Å². The molecule has 0 aromatic heterocycles. The molecule has 0 aliphatic carbocycles. The molecule has 0 bridgehead atoms. The molecule has 0 aromatic rings. The fraction of sp³-hybridized carbons (Fsp3) is 0.842. The molecular weight excluding hydrogens is 704 g/mol. The fourth-order valence-corrected chi connectivity index (χ4v) is 5.21. The molecule has 0 radical (unpaired) electrons. The van der Waals surface area contributed by atoms with E-state index in [9.17, 15) is 28.8 Å².